The van der Waals surface area contributed by atoms with Crippen molar-refractivity contribution < 1.29 is 4.74 Å². The smallest absolute Gasteiger partial charge is 0.0627 e. The summed E-state index contributed by atoms with van der Waals surface area (Å²) in [7, 11) is 0. The molecule has 4 heteroatoms. The van der Waals surface area contributed by atoms with E-state index in [1.54, 1.807) is 0 Å². The Labute approximate surface area is 109 Å². The molecule has 0 radical (unpaired) electrons. The fraction of sp³-hybridized carbons (Fsp3) is 0.786. The van der Waals surface area contributed by atoms with Gasteiger partial charge in [-0.05, 0) is 38.8 Å². The molecule has 2 saturated heterocycles. The van der Waals surface area contributed by atoms with Crippen LogP contribution in [0.15, 0.2) is 12.3 Å². The first-order chi connectivity index (χ1) is 8.83. The molecule has 3 rings (SSSR count). The number of hydrogen-bond donors (Lipinski definition) is 1. The highest BCUT2D eigenvalue weighted by molar-refractivity contribution is 5.12. The molecular formula is C14H23N3O. The summed E-state index contributed by atoms with van der Waals surface area (Å²) in [5.74, 6) is 0.616. The maximum absolute atomic E-state index is 6.01. The minimum Gasteiger partial charge on any atom is -0.375 e. The third kappa shape index (κ3) is 1.97. The molecule has 1 aromatic heterocycles. The fourth-order valence-corrected chi connectivity index (χ4v) is 3.59. The van der Waals surface area contributed by atoms with E-state index in [9.17, 15) is 0 Å². The molecule has 4 nitrogen and oxygen atoms in total. The van der Waals surface area contributed by atoms with Crippen molar-refractivity contribution in [3.05, 3.63) is 18.0 Å². The zero-order chi connectivity index (χ0) is 12.5. The van der Waals surface area contributed by atoms with Gasteiger partial charge in [-0.3, -0.25) is 4.68 Å². The number of aryl methyl sites for hydroxylation is 1. The van der Waals surface area contributed by atoms with E-state index in [1.807, 2.05) is 6.20 Å². The minimum atomic E-state index is 0.396. The number of fused-ring (bicyclic) bond motifs is 2. The van der Waals surface area contributed by atoms with Gasteiger partial charge in [0.25, 0.3) is 0 Å². The third-order valence-corrected chi connectivity index (χ3v) is 4.37. The van der Waals surface area contributed by atoms with Crippen LogP contribution in [0.4, 0.5) is 0 Å². The first kappa shape index (κ1) is 12.2. The van der Waals surface area contributed by atoms with Crippen LogP contribution in [0.5, 0.6) is 0 Å². The summed E-state index contributed by atoms with van der Waals surface area (Å²) in [5, 5.41) is 8.05. The van der Waals surface area contributed by atoms with Crippen molar-refractivity contribution in [1.82, 2.24) is 15.1 Å². The molecule has 2 aliphatic heterocycles. The van der Waals surface area contributed by atoms with Crippen LogP contribution in [0.25, 0.3) is 0 Å². The average molecular weight is 249 g/mol. The second-order valence-electron chi connectivity index (χ2n) is 5.38. The van der Waals surface area contributed by atoms with Crippen molar-refractivity contribution >= 4 is 0 Å². The quantitative estimate of drug-likeness (QED) is 0.869. The van der Waals surface area contributed by atoms with Gasteiger partial charge < -0.3 is 10.1 Å². The van der Waals surface area contributed by atoms with Crippen LogP contribution in [0.3, 0.4) is 0 Å². The summed E-state index contributed by atoms with van der Waals surface area (Å²) < 4.78 is 8.12. The molecule has 4 atom stereocenters. The summed E-state index contributed by atoms with van der Waals surface area (Å²) >= 11 is 0. The summed E-state index contributed by atoms with van der Waals surface area (Å²) in [6.45, 7) is 6.25. The minimum absolute atomic E-state index is 0.396. The highest BCUT2D eigenvalue weighted by Crippen LogP contribution is 2.44. The molecule has 0 aliphatic carbocycles. The Morgan fingerprint density at radius 2 is 2.39 bits per heavy atom. The zero-order valence-corrected chi connectivity index (χ0v) is 11.3. The number of hydrogen-bond acceptors (Lipinski definition) is 3. The lowest BCUT2D eigenvalue weighted by Gasteiger charge is -2.29. The van der Waals surface area contributed by atoms with Gasteiger partial charge >= 0.3 is 0 Å². The Morgan fingerprint density at radius 3 is 3.00 bits per heavy atom. The largest absolute Gasteiger partial charge is 0.375 e. The van der Waals surface area contributed by atoms with Crippen LogP contribution in [-0.2, 0) is 11.3 Å². The summed E-state index contributed by atoms with van der Waals surface area (Å²) in [4.78, 5) is 0. The van der Waals surface area contributed by atoms with Gasteiger partial charge in [0.2, 0.25) is 0 Å². The first-order valence-electron chi connectivity index (χ1n) is 7.24. The van der Waals surface area contributed by atoms with Crippen LogP contribution in [0.1, 0.15) is 44.8 Å². The molecule has 0 spiro atoms. The third-order valence-electron chi connectivity index (χ3n) is 4.37. The van der Waals surface area contributed by atoms with Gasteiger partial charge in [0.05, 0.1) is 23.9 Å². The van der Waals surface area contributed by atoms with E-state index in [0.29, 0.717) is 24.2 Å². The van der Waals surface area contributed by atoms with Crippen LogP contribution >= 0.6 is 0 Å². The topological polar surface area (TPSA) is 39.1 Å². The molecule has 3 heterocycles. The van der Waals surface area contributed by atoms with Crippen LogP contribution < -0.4 is 5.32 Å². The molecule has 0 amide bonds. The monoisotopic (exact) mass is 249 g/mol. The van der Waals surface area contributed by atoms with Crippen LogP contribution in [-0.4, -0.2) is 28.5 Å². The average Bonchev–Trinajstić information content (AvgIpc) is 3.10. The second kappa shape index (κ2) is 5.02. The molecule has 2 bridgehead atoms. The van der Waals surface area contributed by atoms with Gasteiger partial charge in [-0.15, -0.1) is 0 Å². The van der Waals surface area contributed by atoms with Gasteiger partial charge in [0.1, 0.15) is 0 Å². The predicted molar refractivity (Wildman–Crippen MR) is 70.3 cm³/mol. The first-order valence-corrected chi connectivity index (χ1v) is 7.24. The molecule has 18 heavy (non-hydrogen) atoms. The second-order valence-corrected chi connectivity index (χ2v) is 5.38. The van der Waals surface area contributed by atoms with E-state index in [4.69, 9.17) is 4.74 Å². The van der Waals surface area contributed by atoms with Gasteiger partial charge in [-0.25, -0.2) is 0 Å². The van der Waals surface area contributed by atoms with Gasteiger partial charge in [0.15, 0.2) is 0 Å². The van der Waals surface area contributed by atoms with E-state index >= 15 is 0 Å². The van der Waals surface area contributed by atoms with Crippen molar-refractivity contribution in [2.24, 2.45) is 5.92 Å². The Morgan fingerprint density at radius 1 is 1.50 bits per heavy atom. The van der Waals surface area contributed by atoms with Gasteiger partial charge in [0, 0.05) is 18.7 Å². The Bertz CT molecular complexity index is 403. The van der Waals surface area contributed by atoms with Crippen molar-refractivity contribution in [3.8, 4) is 0 Å². The highest BCUT2D eigenvalue weighted by atomic mass is 16.5. The lowest BCUT2D eigenvalue weighted by Crippen LogP contribution is -2.35. The standard InChI is InChI=1S/C14H23N3O/c1-3-15-14(12-7-8-16-17(12)4-2)11-9-10-5-6-13(11)18-10/h7-8,10-11,13-15H,3-6,9H2,1-2H3. The SMILES string of the molecule is CCNC(c1ccnn1CC)C1CC2CCC1O2. The maximum atomic E-state index is 6.01. The number of nitrogens with one attached hydrogen (secondary N) is 1. The zero-order valence-electron chi connectivity index (χ0n) is 11.3. The molecular weight excluding hydrogens is 226 g/mol. The van der Waals surface area contributed by atoms with Crippen LogP contribution in [0, 0.1) is 5.92 Å². The van der Waals surface area contributed by atoms with Crippen molar-refractivity contribution in [2.45, 2.75) is 57.9 Å². The number of nitrogens with zero attached hydrogens (tertiary/aromatic N) is 2. The summed E-state index contributed by atoms with van der Waals surface area (Å²) in [6, 6.07) is 2.55. The number of ether oxygens (including phenoxy) is 1. The van der Waals surface area contributed by atoms with E-state index in [0.717, 1.165) is 13.1 Å². The Balaban J connectivity index is 1.84. The molecule has 1 aromatic rings. The van der Waals surface area contributed by atoms with E-state index in [-0.39, 0.29) is 0 Å². The lowest BCUT2D eigenvalue weighted by atomic mass is 9.82. The normalized spacial score (nSPS) is 32.0. The van der Waals surface area contributed by atoms with E-state index in [2.05, 4.69) is 35.0 Å². The number of aromatic nitrogens is 2. The number of rotatable bonds is 5. The molecule has 0 aromatic carbocycles. The fourth-order valence-electron chi connectivity index (χ4n) is 3.59. The van der Waals surface area contributed by atoms with Crippen molar-refractivity contribution in [2.75, 3.05) is 6.54 Å². The van der Waals surface area contributed by atoms with Gasteiger partial charge in [-0.2, -0.15) is 5.10 Å². The highest BCUT2D eigenvalue weighted by Gasteiger charge is 2.45. The molecule has 1 N–H and O–H groups in total. The molecule has 0 saturated carbocycles. The van der Waals surface area contributed by atoms with E-state index in [1.165, 1.54) is 25.0 Å². The van der Waals surface area contributed by atoms with Crippen molar-refractivity contribution in [1.29, 1.82) is 0 Å². The molecule has 2 fully saturated rings. The molecule has 100 valence electrons. The maximum Gasteiger partial charge on any atom is 0.0627 e. The molecule has 4 unspecified atom stereocenters. The van der Waals surface area contributed by atoms with Crippen LogP contribution in [0.2, 0.25) is 0 Å². The summed E-state index contributed by atoms with van der Waals surface area (Å²) in [5.41, 5.74) is 1.32. The Hall–Kier alpha value is -0.870. The lowest BCUT2D eigenvalue weighted by molar-refractivity contribution is 0.0851. The van der Waals surface area contributed by atoms with E-state index < -0.39 is 0 Å². The predicted octanol–water partition coefficient (Wildman–Crippen LogP) is 2.12. The Kier molecular flexibility index (Phi) is 3.39. The summed E-state index contributed by atoms with van der Waals surface area (Å²) in [6.07, 6.45) is 6.58. The van der Waals surface area contributed by atoms with Crippen molar-refractivity contribution in [3.63, 3.8) is 0 Å². The molecule has 2 aliphatic rings. The van der Waals surface area contributed by atoms with Gasteiger partial charge in [-0.1, -0.05) is 6.92 Å².